The highest BCUT2D eigenvalue weighted by Crippen LogP contribution is 2.35. The lowest BCUT2D eigenvalue weighted by atomic mass is 9.95. The first-order valence-corrected chi connectivity index (χ1v) is 5.98. The van der Waals surface area contributed by atoms with Gasteiger partial charge in [0.25, 0.3) is 5.91 Å². The van der Waals surface area contributed by atoms with Crippen molar-refractivity contribution in [2.75, 3.05) is 28.3 Å². The van der Waals surface area contributed by atoms with Gasteiger partial charge in [-0.05, 0) is 23.3 Å². The number of amides is 1. The van der Waals surface area contributed by atoms with E-state index in [-0.39, 0.29) is 5.91 Å². The maximum Gasteiger partial charge on any atom is 0.253 e. The summed E-state index contributed by atoms with van der Waals surface area (Å²) in [6, 6.07) is 3.75. The predicted molar refractivity (Wildman–Crippen MR) is 73.1 cm³/mol. The average molecular weight is 262 g/mol. The molecule has 5 heteroatoms. The summed E-state index contributed by atoms with van der Waals surface area (Å²) in [4.78, 5) is 13.8. The van der Waals surface area contributed by atoms with Crippen LogP contribution >= 0.6 is 0 Å². The summed E-state index contributed by atoms with van der Waals surface area (Å²) in [6.07, 6.45) is 1.80. The predicted octanol–water partition coefficient (Wildman–Crippen LogP) is 1.24. The molecular weight excluding hydrogens is 244 g/mol. The molecule has 1 aliphatic heterocycles. The molecule has 1 N–H and O–H groups in total. The lowest BCUT2D eigenvalue weighted by Gasteiger charge is -2.22. The number of ether oxygens (including phenoxy) is 2. The van der Waals surface area contributed by atoms with Gasteiger partial charge in [-0.1, -0.05) is 0 Å². The summed E-state index contributed by atoms with van der Waals surface area (Å²) < 4.78 is 10.6. The van der Waals surface area contributed by atoms with Crippen molar-refractivity contribution in [3.05, 3.63) is 29.5 Å². The number of hydrogen-bond donors (Lipinski definition) is 1. The summed E-state index contributed by atoms with van der Waals surface area (Å²) in [5, 5.41) is 2.85. The summed E-state index contributed by atoms with van der Waals surface area (Å²) in [6.45, 7) is 0.499. The van der Waals surface area contributed by atoms with Crippen LogP contribution in [0.15, 0.2) is 18.3 Å². The first-order chi connectivity index (χ1) is 9.06. The van der Waals surface area contributed by atoms with Crippen molar-refractivity contribution in [3.63, 3.8) is 0 Å². The van der Waals surface area contributed by atoms with Crippen molar-refractivity contribution in [3.8, 4) is 11.5 Å². The monoisotopic (exact) mass is 262 g/mol. The Hall–Kier alpha value is -2.17. The van der Waals surface area contributed by atoms with Gasteiger partial charge < -0.3 is 19.7 Å². The largest absolute Gasteiger partial charge is 0.493 e. The average Bonchev–Trinajstić information content (AvgIpc) is 2.40. The van der Waals surface area contributed by atoms with Crippen LogP contribution in [0.4, 0.5) is 0 Å². The van der Waals surface area contributed by atoms with E-state index in [4.69, 9.17) is 9.47 Å². The molecule has 5 nitrogen and oxygen atoms in total. The van der Waals surface area contributed by atoms with E-state index in [0.717, 1.165) is 11.1 Å². The van der Waals surface area contributed by atoms with Crippen molar-refractivity contribution in [1.82, 2.24) is 10.2 Å². The fourth-order valence-corrected chi connectivity index (χ4v) is 2.10. The maximum atomic E-state index is 12.0. The van der Waals surface area contributed by atoms with Gasteiger partial charge in [-0.25, -0.2) is 0 Å². The lowest BCUT2D eigenvalue weighted by molar-refractivity contribution is -0.116. The van der Waals surface area contributed by atoms with Crippen molar-refractivity contribution in [1.29, 1.82) is 0 Å². The van der Waals surface area contributed by atoms with Crippen molar-refractivity contribution in [2.24, 2.45) is 0 Å². The molecule has 0 radical (unpaired) electrons. The van der Waals surface area contributed by atoms with E-state index in [2.05, 4.69) is 5.32 Å². The standard InChI is InChI=1S/C14H18N2O3/c1-16(2)8-11-10-6-13(19-4)12(18-3)5-9(10)7-15-14(11)17/h5-6,8H,7H2,1-4H3,(H,15,17)/b11-8+. The first kappa shape index (κ1) is 13.3. The number of rotatable bonds is 3. The zero-order valence-electron chi connectivity index (χ0n) is 11.6. The number of fused-ring (bicyclic) bond motifs is 1. The van der Waals surface area contributed by atoms with E-state index >= 15 is 0 Å². The zero-order chi connectivity index (χ0) is 14.0. The summed E-state index contributed by atoms with van der Waals surface area (Å²) in [7, 11) is 6.95. The minimum Gasteiger partial charge on any atom is -0.493 e. The third-order valence-electron chi connectivity index (χ3n) is 2.97. The minimum absolute atomic E-state index is 0.0755. The van der Waals surface area contributed by atoms with Gasteiger partial charge in [0.15, 0.2) is 11.5 Å². The molecule has 0 saturated heterocycles. The molecule has 0 spiro atoms. The van der Waals surface area contributed by atoms with Crippen molar-refractivity contribution >= 4 is 11.5 Å². The van der Waals surface area contributed by atoms with E-state index in [0.29, 0.717) is 23.6 Å². The fourth-order valence-electron chi connectivity index (χ4n) is 2.10. The van der Waals surface area contributed by atoms with E-state index in [1.54, 1.807) is 20.4 Å². The second-order valence-electron chi connectivity index (χ2n) is 4.55. The molecule has 0 atom stereocenters. The Kier molecular flexibility index (Phi) is 3.64. The van der Waals surface area contributed by atoms with Crippen molar-refractivity contribution < 1.29 is 14.3 Å². The highest BCUT2D eigenvalue weighted by molar-refractivity contribution is 6.21. The van der Waals surface area contributed by atoms with Gasteiger partial charge in [0.05, 0.1) is 19.8 Å². The first-order valence-electron chi connectivity index (χ1n) is 5.98. The minimum atomic E-state index is -0.0755. The highest BCUT2D eigenvalue weighted by atomic mass is 16.5. The van der Waals surface area contributed by atoms with Crippen LogP contribution in [0.25, 0.3) is 5.57 Å². The van der Waals surface area contributed by atoms with Gasteiger partial charge in [-0.15, -0.1) is 0 Å². The van der Waals surface area contributed by atoms with Crippen LogP contribution in [0.1, 0.15) is 11.1 Å². The molecule has 0 bridgehead atoms. The molecular formula is C14H18N2O3. The Bertz CT molecular complexity index is 536. The van der Waals surface area contributed by atoms with Gasteiger partial charge >= 0.3 is 0 Å². The van der Waals surface area contributed by atoms with Gasteiger partial charge in [-0.2, -0.15) is 0 Å². The third-order valence-corrected chi connectivity index (χ3v) is 2.97. The molecule has 2 rings (SSSR count). The van der Waals surface area contributed by atoms with Crippen LogP contribution in [0.5, 0.6) is 11.5 Å². The van der Waals surface area contributed by atoms with Crippen LogP contribution in [0, 0.1) is 0 Å². The third kappa shape index (κ3) is 2.50. The highest BCUT2D eigenvalue weighted by Gasteiger charge is 2.23. The quantitative estimate of drug-likeness (QED) is 0.833. The van der Waals surface area contributed by atoms with Crippen LogP contribution < -0.4 is 14.8 Å². The number of carbonyl (C=O) groups excluding carboxylic acids is 1. The van der Waals surface area contributed by atoms with Gasteiger partial charge in [0.2, 0.25) is 0 Å². The topological polar surface area (TPSA) is 50.8 Å². The number of nitrogens with zero attached hydrogens (tertiary/aromatic N) is 1. The Labute approximate surface area is 112 Å². The molecule has 102 valence electrons. The number of benzene rings is 1. The lowest BCUT2D eigenvalue weighted by Crippen LogP contribution is -2.30. The Morgan fingerprint density at radius 3 is 2.42 bits per heavy atom. The van der Waals surface area contributed by atoms with Crippen LogP contribution in [-0.2, 0) is 11.3 Å². The molecule has 1 heterocycles. The molecule has 1 aromatic carbocycles. The molecule has 0 aromatic heterocycles. The Balaban J connectivity index is 2.58. The van der Waals surface area contributed by atoms with E-state index in [1.807, 2.05) is 31.1 Å². The summed E-state index contributed by atoms with van der Waals surface area (Å²) in [5.74, 6) is 1.22. The molecule has 0 saturated carbocycles. The molecule has 1 amide bonds. The Morgan fingerprint density at radius 1 is 1.21 bits per heavy atom. The van der Waals surface area contributed by atoms with E-state index in [9.17, 15) is 4.79 Å². The number of hydrogen-bond acceptors (Lipinski definition) is 4. The van der Waals surface area contributed by atoms with Gasteiger partial charge in [0.1, 0.15) is 0 Å². The molecule has 0 unspecified atom stereocenters. The summed E-state index contributed by atoms with van der Waals surface area (Å²) >= 11 is 0. The summed E-state index contributed by atoms with van der Waals surface area (Å²) in [5.41, 5.74) is 2.53. The SMILES string of the molecule is COc1cc2c(cc1OC)/C(=C\N(C)C)C(=O)NC2. The fraction of sp³-hybridized carbons (Fsp3) is 0.357. The smallest absolute Gasteiger partial charge is 0.253 e. The van der Waals surface area contributed by atoms with E-state index in [1.165, 1.54) is 0 Å². The van der Waals surface area contributed by atoms with Crippen LogP contribution in [-0.4, -0.2) is 39.1 Å². The molecule has 1 aliphatic rings. The number of methoxy groups -OCH3 is 2. The second kappa shape index (κ2) is 5.22. The van der Waals surface area contributed by atoms with Crippen LogP contribution in [0.2, 0.25) is 0 Å². The normalized spacial score (nSPS) is 15.8. The van der Waals surface area contributed by atoms with Gasteiger partial charge in [-0.3, -0.25) is 4.79 Å². The Morgan fingerprint density at radius 2 is 1.84 bits per heavy atom. The maximum absolute atomic E-state index is 12.0. The van der Waals surface area contributed by atoms with Crippen LogP contribution in [0.3, 0.4) is 0 Å². The zero-order valence-corrected chi connectivity index (χ0v) is 11.6. The van der Waals surface area contributed by atoms with Crippen molar-refractivity contribution in [2.45, 2.75) is 6.54 Å². The van der Waals surface area contributed by atoms with Gasteiger partial charge in [0, 0.05) is 26.8 Å². The molecule has 19 heavy (non-hydrogen) atoms. The number of nitrogens with one attached hydrogen (secondary N) is 1. The second-order valence-corrected chi connectivity index (χ2v) is 4.55. The van der Waals surface area contributed by atoms with E-state index < -0.39 is 0 Å². The molecule has 0 aliphatic carbocycles. The molecule has 0 fully saturated rings. The molecule has 1 aromatic rings. The number of carbonyl (C=O) groups is 1.